The number of nitrogens with one attached hydrogen (secondary N) is 3. The summed E-state index contributed by atoms with van der Waals surface area (Å²) in [6.45, 7) is 5.05. The first kappa shape index (κ1) is 14.1. The Morgan fingerprint density at radius 2 is 2.29 bits per heavy atom. The minimum Gasteiger partial charge on any atom is -0.365 e. The molecule has 3 N–H and O–H groups in total. The standard InChI is InChI=1S/C12H19N3O.ClH/c1-8-7-10(3-5-13-8)15-12(16)11-4-6-14-9(11)2;/h4,6,8,10,13-14H,3,5,7H2,1-2H3,(H,15,16);1H. The van der Waals surface area contributed by atoms with Crippen molar-refractivity contribution in [3.63, 3.8) is 0 Å². The van der Waals surface area contributed by atoms with Gasteiger partial charge in [0.15, 0.2) is 0 Å². The Labute approximate surface area is 108 Å². The Balaban J connectivity index is 0.00000144. The monoisotopic (exact) mass is 257 g/mol. The van der Waals surface area contributed by atoms with Crippen LogP contribution in [0.2, 0.25) is 0 Å². The number of amides is 1. The number of aromatic amines is 1. The van der Waals surface area contributed by atoms with Gasteiger partial charge in [0.25, 0.3) is 5.91 Å². The van der Waals surface area contributed by atoms with Gasteiger partial charge in [0.05, 0.1) is 5.56 Å². The van der Waals surface area contributed by atoms with Crippen molar-refractivity contribution in [1.82, 2.24) is 15.6 Å². The third-order valence-corrected chi connectivity index (χ3v) is 3.16. The molecular weight excluding hydrogens is 238 g/mol. The lowest BCUT2D eigenvalue weighted by Gasteiger charge is -2.28. The number of halogens is 1. The summed E-state index contributed by atoms with van der Waals surface area (Å²) >= 11 is 0. The summed E-state index contributed by atoms with van der Waals surface area (Å²) in [7, 11) is 0. The highest BCUT2D eigenvalue weighted by atomic mass is 35.5. The van der Waals surface area contributed by atoms with Crippen LogP contribution in [0.15, 0.2) is 12.3 Å². The molecule has 1 aromatic heterocycles. The van der Waals surface area contributed by atoms with E-state index < -0.39 is 0 Å². The van der Waals surface area contributed by atoms with Crippen LogP contribution in [-0.4, -0.2) is 29.5 Å². The first-order chi connectivity index (χ1) is 7.66. The van der Waals surface area contributed by atoms with Crippen molar-refractivity contribution in [3.05, 3.63) is 23.5 Å². The van der Waals surface area contributed by atoms with Crippen LogP contribution < -0.4 is 10.6 Å². The van der Waals surface area contributed by atoms with Crippen LogP contribution in [0, 0.1) is 6.92 Å². The Kier molecular flexibility index (Phi) is 5.02. The van der Waals surface area contributed by atoms with Gasteiger partial charge in [0.1, 0.15) is 0 Å². The highest BCUT2D eigenvalue weighted by Crippen LogP contribution is 2.10. The lowest BCUT2D eigenvalue weighted by Crippen LogP contribution is -2.46. The van der Waals surface area contributed by atoms with Crippen LogP contribution in [0.1, 0.15) is 35.8 Å². The number of carbonyl (C=O) groups excluding carboxylic acids is 1. The molecule has 2 rings (SSSR count). The molecule has 0 saturated carbocycles. The van der Waals surface area contributed by atoms with E-state index in [1.807, 2.05) is 13.0 Å². The van der Waals surface area contributed by atoms with Crippen LogP contribution in [0.4, 0.5) is 0 Å². The molecule has 1 saturated heterocycles. The van der Waals surface area contributed by atoms with Gasteiger partial charge in [-0.2, -0.15) is 0 Å². The maximum Gasteiger partial charge on any atom is 0.253 e. The predicted octanol–water partition coefficient (Wildman–Crippen LogP) is 1.62. The van der Waals surface area contributed by atoms with Crippen LogP contribution in [-0.2, 0) is 0 Å². The number of piperidine rings is 1. The molecule has 4 nitrogen and oxygen atoms in total. The molecule has 1 aliphatic heterocycles. The fourth-order valence-corrected chi connectivity index (χ4v) is 2.22. The summed E-state index contributed by atoms with van der Waals surface area (Å²) in [5.74, 6) is 0.0397. The molecule has 2 atom stereocenters. The number of hydrogen-bond acceptors (Lipinski definition) is 2. The molecule has 0 aromatic carbocycles. The summed E-state index contributed by atoms with van der Waals surface area (Å²) in [6.07, 6.45) is 3.82. The van der Waals surface area contributed by atoms with Gasteiger partial charge in [-0.1, -0.05) is 0 Å². The average molecular weight is 258 g/mol. The number of aromatic nitrogens is 1. The number of aryl methyl sites for hydroxylation is 1. The molecule has 96 valence electrons. The maximum atomic E-state index is 11.9. The molecule has 1 aliphatic rings. The second-order valence-corrected chi connectivity index (χ2v) is 4.57. The van der Waals surface area contributed by atoms with Crippen molar-refractivity contribution >= 4 is 18.3 Å². The molecule has 0 bridgehead atoms. The van der Waals surface area contributed by atoms with Gasteiger partial charge in [-0.05, 0) is 39.3 Å². The predicted molar refractivity (Wildman–Crippen MR) is 70.7 cm³/mol. The summed E-state index contributed by atoms with van der Waals surface area (Å²) in [5, 5.41) is 6.47. The first-order valence-electron chi connectivity index (χ1n) is 5.85. The van der Waals surface area contributed by atoms with E-state index in [-0.39, 0.29) is 18.3 Å². The SMILES string of the molecule is Cc1[nH]ccc1C(=O)NC1CCNC(C)C1.Cl. The van der Waals surface area contributed by atoms with E-state index in [4.69, 9.17) is 0 Å². The van der Waals surface area contributed by atoms with Crippen molar-refractivity contribution in [2.24, 2.45) is 0 Å². The lowest BCUT2D eigenvalue weighted by molar-refractivity contribution is 0.0925. The Morgan fingerprint density at radius 3 is 2.88 bits per heavy atom. The molecule has 1 fully saturated rings. The Bertz CT molecular complexity index is 378. The van der Waals surface area contributed by atoms with Crippen LogP contribution in [0.3, 0.4) is 0 Å². The Hall–Kier alpha value is -1.00. The number of hydrogen-bond donors (Lipinski definition) is 3. The zero-order valence-electron chi connectivity index (χ0n) is 10.2. The molecular formula is C12H20ClN3O. The fourth-order valence-electron chi connectivity index (χ4n) is 2.22. The van der Waals surface area contributed by atoms with Crippen molar-refractivity contribution in [1.29, 1.82) is 0 Å². The van der Waals surface area contributed by atoms with Crippen LogP contribution in [0.25, 0.3) is 0 Å². The van der Waals surface area contributed by atoms with Gasteiger partial charge in [-0.15, -0.1) is 12.4 Å². The highest BCUT2D eigenvalue weighted by Gasteiger charge is 2.21. The topological polar surface area (TPSA) is 56.9 Å². The first-order valence-corrected chi connectivity index (χ1v) is 5.85. The van der Waals surface area contributed by atoms with Crippen molar-refractivity contribution in [2.45, 2.75) is 38.8 Å². The van der Waals surface area contributed by atoms with Crippen molar-refractivity contribution < 1.29 is 4.79 Å². The molecule has 1 amide bonds. The number of rotatable bonds is 2. The average Bonchev–Trinajstić information content (AvgIpc) is 2.64. The van der Waals surface area contributed by atoms with Gasteiger partial charge in [0, 0.05) is 24.0 Å². The van der Waals surface area contributed by atoms with Crippen molar-refractivity contribution in [2.75, 3.05) is 6.54 Å². The van der Waals surface area contributed by atoms with E-state index in [1.165, 1.54) is 0 Å². The van der Waals surface area contributed by atoms with E-state index in [1.54, 1.807) is 6.20 Å². The molecule has 2 unspecified atom stereocenters. The van der Waals surface area contributed by atoms with E-state index in [2.05, 4.69) is 22.5 Å². The van der Waals surface area contributed by atoms with Crippen molar-refractivity contribution in [3.8, 4) is 0 Å². The van der Waals surface area contributed by atoms with Gasteiger partial charge in [-0.3, -0.25) is 4.79 Å². The molecule has 2 heterocycles. The smallest absolute Gasteiger partial charge is 0.253 e. The molecule has 0 aliphatic carbocycles. The van der Waals surface area contributed by atoms with Gasteiger partial charge in [-0.25, -0.2) is 0 Å². The summed E-state index contributed by atoms with van der Waals surface area (Å²) in [6, 6.07) is 2.62. The number of carbonyl (C=O) groups is 1. The minimum absolute atomic E-state index is 0. The highest BCUT2D eigenvalue weighted by molar-refractivity contribution is 5.95. The van der Waals surface area contributed by atoms with Gasteiger partial charge in [0.2, 0.25) is 0 Å². The van der Waals surface area contributed by atoms with Gasteiger partial charge >= 0.3 is 0 Å². The molecule has 0 radical (unpaired) electrons. The summed E-state index contributed by atoms with van der Waals surface area (Å²) in [4.78, 5) is 15.0. The largest absolute Gasteiger partial charge is 0.365 e. The minimum atomic E-state index is 0. The van der Waals surface area contributed by atoms with Crippen LogP contribution in [0.5, 0.6) is 0 Å². The normalized spacial score (nSPS) is 23.9. The quantitative estimate of drug-likeness (QED) is 0.754. The zero-order chi connectivity index (χ0) is 11.5. The van der Waals surface area contributed by atoms with E-state index in [0.717, 1.165) is 30.6 Å². The third kappa shape index (κ3) is 3.48. The van der Waals surface area contributed by atoms with E-state index in [9.17, 15) is 4.79 Å². The van der Waals surface area contributed by atoms with E-state index in [0.29, 0.717) is 12.1 Å². The van der Waals surface area contributed by atoms with Gasteiger partial charge < -0.3 is 15.6 Å². The Morgan fingerprint density at radius 1 is 1.53 bits per heavy atom. The maximum absolute atomic E-state index is 11.9. The second-order valence-electron chi connectivity index (χ2n) is 4.57. The second kappa shape index (κ2) is 6.07. The molecule has 0 spiro atoms. The lowest BCUT2D eigenvalue weighted by atomic mass is 10.0. The molecule has 1 aromatic rings. The third-order valence-electron chi connectivity index (χ3n) is 3.16. The summed E-state index contributed by atoms with van der Waals surface area (Å²) in [5.41, 5.74) is 1.69. The fraction of sp³-hybridized carbons (Fsp3) is 0.583. The number of H-pyrrole nitrogens is 1. The molecule has 5 heteroatoms. The summed E-state index contributed by atoms with van der Waals surface area (Å²) < 4.78 is 0. The molecule has 17 heavy (non-hydrogen) atoms. The van der Waals surface area contributed by atoms with E-state index >= 15 is 0 Å². The van der Waals surface area contributed by atoms with Crippen LogP contribution >= 0.6 is 12.4 Å². The zero-order valence-corrected chi connectivity index (χ0v) is 11.1.